The summed E-state index contributed by atoms with van der Waals surface area (Å²) in [7, 11) is 0. The van der Waals surface area contributed by atoms with Crippen LogP contribution < -0.4 is 9.47 Å². The van der Waals surface area contributed by atoms with Gasteiger partial charge in [-0.1, -0.05) is 0 Å². The van der Waals surface area contributed by atoms with Crippen molar-refractivity contribution in [3.8, 4) is 17.6 Å². The molecule has 0 saturated heterocycles. The number of fused-ring (bicyclic) bond motifs is 1. The molecular formula is C13H13NO3. The van der Waals surface area contributed by atoms with Crippen LogP contribution in [-0.4, -0.2) is 18.0 Å². The Morgan fingerprint density at radius 2 is 2.29 bits per heavy atom. The normalized spacial score (nSPS) is 16.6. The van der Waals surface area contributed by atoms with E-state index in [9.17, 15) is 4.79 Å². The van der Waals surface area contributed by atoms with Crippen molar-refractivity contribution in [3.05, 3.63) is 23.8 Å². The van der Waals surface area contributed by atoms with Crippen LogP contribution in [0.2, 0.25) is 0 Å². The van der Waals surface area contributed by atoms with Crippen LogP contribution in [0.5, 0.6) is 11.5 Å². The van der Waals surface area contributed by atoms with E-state index in [1.54, 1.807) is 18.2 Å². The summed E-state index contributed by atoms with van der Waals surface area (Å²) >= 11 is 0. The van der Waals surface area contributed by atoms with E-state index < -0.39 is 5.60 Å². The molecule has 0 amide bonds. The summed E-state index contributed by atoms with van der Waals surface area (Å²) in [5, 5.41) is 8.43. The quantitative estimate of drug-likeness (QED) is 0.783. The third kappa shape index (κ3) is 2.39. The Kier molecular flexibility index (Phi) is 2.76. The van der Waals surface area contributed by atoms with Crippen LogP contribution in [0.3, 0.4) is 0 Å². The van der Waals surface area contributed by atoms with Crippen LogP contribution >= 0.6 is 0 Å². The van der Waals surface area contributed by atoms with Crippen LogP contribution in [0.4, 0.5) is 0 Å². The average Bonchev–Trinajstić information content (AvgIpc) is 2.24. The van der Waals surface area contributed by atoms with E-state index >= 15 is 0 Å². The van der Waals surface area contributed by atoms with E-state index in [0.717, 1.165) is 0 Å². The number of hydrogen-bond acceptors (Lipinski definition) is 4. The molecule has 1 heterocycles. The summed E-state index contributed by atoms with van der Waals surface area (Å²) in [6.45, 7) is 3.73. The Morgan fingerprint density at radius 3 is 3.00 bits per heavy atom. The second-order valence-corrected chi connectivity index (χ2v) is 4.57. The molecule has 0 bridgehead atoms. The maximum atomic E-state index is 11.9. The second-order valence-electron chi connectivity index (χ2n) is 4.57. The van der Waals surface area contributed by atoms with Crippen LogP contribution in [0.1, 0.15) is 30.6 Å². The zero-order valence-electron chi connectivity index (χ0n) is 9.82. The summed E-state index contributed by atoms with van der Waals surface area (Å²) in [4.78, 5) is 11.9. The number of ether oxygens (including phenoxy) is 2. The number of Topliss-reactive ketones (excluding diaryl/α,β-unsaturated/α-hetero) is 1. The SMILES string of the molecule is CC1(C)CC(=O)c2ccc(OCC#N)cc2O1. The molecule has 2 rings (SSSR count). The predicted molar refractivity (Wildman–Crippen MR) is 61.2 cm³/mol. The highest BCUT2D eigenvalue weighted by Crippen LogP contribution is 2.35. The molecule has 4 heteroatoms. The molecule has 0 fully saturated rings. The predicted octanol–water partition coefficient (Wildman–Crippen LogP) is 2.33. The molecule has 0 N–H and O–H groups in total. The fraction of sp³-hybridized carbons (Fsp3) is 0.385. The number of nitriles is 1. The Balaban J connectivity index is 2.32. The highest BCUT2D eigenvalue weighted by atomic mass is 16.5. The highest BCUT2D eigenvalue weighted by Gasteiger charge is 2.32. The molecule has 0 aromatic heterocycles. The van der Waals surface area contributed by atoms with Gasteiger partial charge in [-0.25, -0.2) is 0 Å². The third-order valence-corrected chi connectivity index (χ3v) is 2.53. The molecule has 0 aliphatic carbocycles. The van der Waals surface area contributed by atoms with Gasteiger partial charge in [0.1, 0.15) is 23.2 Å². The summed E-state index contributed by atoms with van der Waals surface area (Å²) in [5.41, 5.74) is 0.0893. The molecule has 0 radical (unpaired) electrons. The standard InChI is InChI=1S/C13H13NO3/c1-13(2)8-11(15)10-4-3-9(16-6-5-14)7-12(10)17-13/h3-4,7H,6,8H2,1-2H3. The zero-order valence-corrected chi connectivity index (χ0v) is 9.82. The van der Waals surface area contributed by atoms with Crippen LogP contribution in [0.15, 0.2) is 18.2 Å². The Bertz CT molecular complexity index is 500. The first-order chi connectivity index (χ1) is 8.02. The molecule has 1 aromatic carbocycles. The lowest BCUT2D eigenvalue weighted by Crippen LogP contribution is -2.35. The largest absolute Gasteiger partial charge is 0.486 e. The molecule has 0 unspecified atom stereocenters. The van der Waals surface area contributed by atoms with Crippen molar-refractivity contribution in [2.45, 2.75) is 25.9 Å². The number of benzene rings is 1. The van der Waals surface area contributed by atoms with E-state index in [4.69, 9.17) is 14.7 Å². The van der Waals surface area contributed by atoms with Crippen molar-refractivity contribution >= 4 is 5.78 Å². The van der Waals surface area contributed by atoms with Crippen molar-refractivity contribution in [2.24, 2.45) is 0 Å². The molecule has 1 aromatic rings. The highest BCUT2D eigenvalue weighted by molar-refractivity contribution is 6.00. The number of rotatable bonds is 2. The number of nitrogens with zero attached hydrogens (tertiary/aromatic N) is 1. The second kappa shape index (κ2) is 4.10. The maximum Gasteiger partial charge on any atom is 0.174 e. The monoisotopic (exact) mass is 231 g/mol. The molecule has 1 aliphatic rings. The fourth-order valence-corrected chi connectivity index (χ4v) is 1.84. The summed E-state index contributed by atoms with van der Waals surface area (Å²) in [6.07, 6.45) is 0.373. The number of carbonyl (C=O) groups is 1. The van der Waals surface area contributed by atoms with Crippen molar-refractivity contribution in [3.63, 3.8) is 0 Å². The van der Waals surface area contributed by atoms with Gasteiger partial charge in [-0.3, -0.25) is 4.79 Å². The van der Waals surface area contributed by atoms with E-state index in [-0.39, 0.29) is 12.4 Å². The van der Waals surface area contributed by atoms with Crippen LogP contribution in [-0.2, 0) is 0 Å². The lowest BCUT2D eigenvalue weighted by Gasteiger charge is -2.31. The van der Waals surface area contributed by atoms with Crippen LogP contribution in [0.25, 0.3) is 0 Å². The summed E-state index contributed by atoms with van der Waals surface area (Å²) in [6, 6.07) is 6.91. The third-order valence-electron chi connectivity index (χ3n) is 2.53. The van der Waals surface area contributed by atoms with E-state index in [1.807, 2.05) is 19.9 Å². The molecule has 88 valence electrons. The lowest BCUT2D eigenvalue weighted by atomic mass is 9.93. The average molecular weight is 231 g/mol. The van der Waals surface area contributed by atoms with E-state index in [2.05, 4.69) is 0 Å². The van der Waals surface area contributed by atoms with Gasteiger partial charge in [-0.05, 0) is 26.0 Å². The minimum absolute atomic E-state index is 0.0177. The Morgan fingerprint density at radius 1 is 1.53 bits per heavy atom. The first kappa shape index (κ1) is 11.5. The number of ketones is 1. The first-order valence-electron chi connectivity index (χ1n) is 5.38. The van der Waals surface area contributed by atoms with Gasteiger partial charge < -0.3 is 9.47 Å². The van der Waals surface area contributed by atoms with Gasteiger partial charge in [0.2, 0.25) is 0 Å². The van der Waals surface area contributed by atoms with E-state index in [1.165, 1.54) is 0 Å². The van der Waals surface area contributed by atoms with Gasteiger partial charge in [0, 0.05) is 6.07 Å². The van der Waals surface area contributed by atoms with Gasteiger partial charge in [0.05, 0.1) is 12.0 Å². The molecule has 0 saturated carbocycles. The van der Waals surface area contributed by atoms with Crippen molar-refractivity contribution in [2.75, 3.05) is 6.61 Å². The Hall–Kier alpha value is -2.02. The summed E-state index contributed by atoms with van der Waals surface area (Å²) < 4.78 is 10.9. The van der Waals surface area contributed by atoms with E-state index in [0.29, 0.717) is 23.5 Å². The fourth-order valence-electron chi connectivity index (χ4n) is 1.84. The van der Waals surface area contributed by atoms with Crippen molar-refractivity contribution in [1.82, 2.24) is 0 Å². The first-order valence-corrected chi connectivity index (χ1v) is 5.38. The topological polar surface area (TPSA) is 59.3 Å². The lowest BCUT2D eigenvalue weighted by molar-refractivity contribution is 0.0618. The number of carbonyl (C=O) groups excluding carboxylic acids is 1. The maximum absolute atomic E-state index is 11.9. The van der Waals surface area contributed by atoms with Gasteiger partial charge in [0.15, 0.2) is 12.4 Å². The van der Waals surface area contributed by atoms with Gasteiger partial charge in [0.25, 0.3) is 0 Å². The summed E-state index contributed by atoms with van der Waals surface area (Å²) in [5.74, 6) is 1.14. The van der Waals surface area contributed by atoms with Gasteiger partial charge in [-0.15, -0.1) is 0 Å². The smallest absolute Gasteiger partial charge is 0.174 e. The minimum Gasteiger partial charge on any atom is -0.486 e. The minimum atomic E-state index is -0.488. The molecule has 4 nitrogen and oxygen atoms in total. The van der Waals surface area contributed by atoms with Crippen molar-refractivity contribution in [1.29, 1.82) is 5.26 Å². The molecule has 17 heavy (non-hydrogen) atoms. The zero-order chi connectivity index (χ0) is 12.5. The van der Waals surface area contributed by atoms with Gasteiger partial charge in [-0.2, -0.15) is 5.26 Å². The van der Waals surface area contributed by atoms with Crippen LogP contribution in [0, 0.1) is 11.3 Å². The molecule has 0 atom stereocenters. The molecular weight excluding hydrogens is 218 g/mol. The van der Waals surface area contributed by atoms with Crippen molar-refractivity contribution < 1.29 is 14.3 Å². The molecule has 1 aliphatic heterocycles. The number of hydrogen-bond donors (Lipinski definition) is 0. The Labute approximate surface area is 99.8 Å². The van der Waals surface area contributed by atoms with Gasteiger partial charge >= 0.3 is 0 Å². The molecule has 0 spiro atoms.